The number of amides is 2. The van der Waals surface area contributed by atoms with Crippen molar-refractivity contribution in [2.45, 2.75) is 26.2 Å². The van der Waals surface area contributed by atoms with E-state index in [1.165, 1.54) is 17.4 Å². The fraction of sp³-hybridized carbons (Fsp3) is 0.208. The summed E-state index contributed by atoms with van der Waals surface area (Å²) in [5.41, 5.74) is 5.17. The van der Waals surface area contributed by atoms with Crippen LogP contribution in [0.15, 0.2) is 61.3 Å². The lowest BCUT2D eigenvalue weighted by Gasteiger charge is -2.16. The normalized spacial score (nSPS) is 13.6. The van der Waals surface area contributed by atoms with E-state index in [1.54, 1.807) is 11.1 Å². The molecule has 1 aliphatic rings. The Morgan fingerprint density at radius 3 is 2.77 bits per heavy atom. The smallest absolute Gasteiger partial charge is 0.250 e. The van der Waals surface area contributed by atoms with Gasteiger partial charge in [0.05, 0.1) is 5.92 Å². The minimum absolute atomic E-state index is 0.0706. The van der Waals surface area contributed by atoms with Crippen molar-refractivity contribution in [1.82, 2.24) is 4.98 Å². The Morgan fingerprint density at radius 1 is 1.23 bits per heavy atom. The van der Waals surface area contributed by atoms with Crippen LogP contribution in [0.3, 0.4) is 0 Å². The van der Waals surface area contributed by atoms with E-state index in [-0.39, 0.29) is 17.7 Å². The van der Waals surface area contributed by atoms with E-state index in [0.717, 1.165) is 39.2 Å². The molecule has 152 valence electrons. The molecule has 4 rings (SSSR count). The van der Waals surface area contributed by atoms with Crippen LogP contribution in [0.2, 0.25) is 0 Å². The van der Waals surface area contributed by atoms with Crippen molar-refractivity contribution in [1.29, 1.82) is 0 Å². The van der Waals surface area contributed by atoms with Gasteiger partial charge in [0.2, 0.25) is 11.8 Å². The van der Waals surface area contributed by atoms with Crippen LogP contribution in [0.5, 0.6) is 0 Å². The summed E-state index contributed by atoms with van der Waals surface area (Å²) in [6.45, 7) is 8.12. The lowest BCUT2D eigenvalue weighted by atomic mass is 9.94. The molecule has 0 aliphatic carbocycles. The van der Waals surface area contributed by atoms with Gasteiger partial charge in [0.15, 0.2) is 5.13 Å². The van der Waals surface area contributed by atoms with Crippen molar-refractivity contribution in [2.24, 2.45) is 0 Å². The molecule has 0 bridgehead atoms. The molecule has 0 saturated heterocycles. The Kier molecular flexibility index (Phi) is 5.50. The number of carbonyl (C=O) groups is 2. The number of thiazole rings is 1. The number of nitrogens with one attached hydrogen (secondary N) is 1. The van der Waals surface area contributed by atoms with Gasteiger partial charge in [0.25, 0.3) is 0 Å². The predicted octanol–water partition coefficient (Wildman–Crippen LogP) is 4.94. The van der Waals surface area contributed by atoms with Crippen LogP contribution in [-0.2, 0) is 16.0 Å². The van der Waals surface area contributed by atoms with Gasteiger partial charge >= 0.3 is 0 Å². The molecular weight excluding hydrogens is 394 g/mol. The second kappa shape index (κ2) is 8.24. The summed E-state index contributed by atoms with van der Waals surface area (Å²) in [6, 6.07) is 14.2. The molecule has 2 aromatic carbocycles. The first kappa shape index (κ1) is 20.0. The Bertz CT molecular complexity index is 1130. The van der Waals surface area contributed by atoms with Crippen LogP contribution in [0.1, 0.15) is 28.8 Å². The topological polar surface area (TPSA) is 62.3 Å². The zero-order chi connectivity index (χ0) is 21.3. The molecule has 1 unspecified atom stereocenters. The van der Waals surface area contributed by atoms with Crippen LogP contribution < -0.4 is 10.2 Å². The van der Waals surface area contributed by atoms with Gasteiger partial charge in [-0.05, 0) is 60.7 Å². The Hall–Kier alpha value is -3.25. The van der Waals surface area contributed by atoms with Gasteiger partial charge in [0, 0.05) is 23.3 Å². The van der Waals surface area contributed by atoms with Crippen molar-refractivity contribution in [3.05, 3.63) is 77.3 Å². The number of hydrogen-bond acceptors (Lipinski definition) is 4. The maximum atomic E-state index is 12.7. The van der Waals surface area contributed by atoms with Crippen LogP contribution >= 0.6 is 11.3 Å². The lowest BCUT2D eigenvalue weighted by molar-refractivity contribution is -0.117. The van der Waals surface area contributed by atoms with Crippen molar-refractivity contribution in [3.63, 3.8) is 0 Å². The van der Waals surface area contributed by atoms with Crippen molar-refractivity contribution in [3.8, 4) is 11.1 Å². The molecule has 1 atom stereocenters. The highest BCUT2D eigenvalue weighted by Gasteiger charge is 2.23. The molecule has 30 heavy (non-hydrogen) atoms. The third-order valence-electron chi connectivity index (χ3n) is 5.38. The summed E-state index contributed by atoms with van der Waals surface area (Å²) in [7, 11) is 0. The van der Waals surface area contributed by atoms with Crippen molar-refractivity contribution < 1.29 is 9.59 Å². The first-order chi connectivity index (χ1) is 14.5. The molecule has 6 heteroatoms. The van der Waals surface area contributed by atoms with Crippen LogP contribution in [-0.4, -0.2) is 23.3 Å². The first-order valence-electron chi connectivity index (χ1n) is 9.86. The molecule has 1 aromatic heterocycles. The minimum Gasteiger partial charge on any atom is -0.308 e. The van der Waals surface area contributed by atoms with E-state index < -0.39 is 0 Å². The minimum atomic E-state index is -0.302. The lowest BCUT2D eigenvalue weighted by Crippen LogP contribution is -2.26. The monoisotopic (exact) mass is 417 g/mol. The summed E-state index contributed by atoms with van der Waals surface area (Å²) in [4.78, 5) is 31.7. The van der Waals surface area contributed by atoms with Gasteiger partial charge in [-0.25, -0.2) is 4.98 Å². The highest BCUT2D eigenvalue weighted by atomic mass is 32.1. The van der Waals surface area contributed by atoms with Gasteiger partial charge in [-0.2, -0.15) is 0 Å². The third-order valence-corrected chi connectivity index (χ3v) is 6.21. The predicted molar refractivity (Wildman–Crippen MR) is 122 cm³/mol. The number of hydrogen-bond donors (Lipinski definition) is 1. The maximum Gasteiger partial charge on any atom is 0.250 e. The van der Waals surface area contributed by atoms with Gasteiger partial charge in [-0.1, -0.05) is 36.9 Å². The molecule has 1 N–H and O–H groups in total. The Morgan fingerprint density at radius 2 is 2.03 bits per heavy atom. The number of aromatic nitrogens is 1. The summed E-state index contributed by atoms with van der Waals surface area (Å²) in [5.74, 6) is -0.447. The number of aryl methyl sites for hydroxylation is 1. The average Bonchev–Trinajstić information content (AvgIpc) is 3.38. The standard InChI is InChI=1S/C24H23N3O2S/c1-4-22(28)27-11-10-20-13-19(8-9-21(20)27)18-7-5-6-17(12-18)16(3)23(29)26-24-25-14-15(2)30-24/h4-9,12-14,16H,1,10-11H2,2-3H3,(H,25,26,29). The van der Waals surface area contributed by atoms with Gasteiger partial charge in [-0.3, -0.25) is 9.59 Å². The van der Waals surface area contributed by atoms with E-state index in [0.29, 0.717) is 11.7 Å². The third kappa shape index (κ3) is 3.91. The fourth-order valence-corrected chi connectivity index (χ4v) is 4.35. The van der Waals surface area contributed by atoms with E-state index >= 15 is 0 Å². The maximum absolute atomic E-state index is 12.7. The van der Waals surface area contributed by atoms with Gasteiger partial charge < -0.3 is 10.2 Å². The molecule has 0 radical (unpaired) electrons. The molecule has 3 aromatic rings. The number of nitrogens with zero attached hydrogens (tertiary/aromatic N) is 2. The van der Waals surface area contributed by atoms with Crippen LogP contribution in [0.4, 0.5) is 10.8 Å². The number of anilines is 2. The molecular formula is C24H23N3O2S. The van der Waals surface area contributed by atoms with E-state index in [2.05, 4.69) is 29.0 Å². The summed E-state index contributed by atoms with van der Waals surface area (Å²) in [6.07, 6.45) is 3.93. The van der Waals surface area contributed by atoms with E-state index in [9.17, 15) is 9.59 Å². The number of fused-ring (bicyclic) bond motifs is 1. The molecule has 0 spiro atoms. The van der Waals surface area contributed by atoms with E-state index in [1.807, 2.05) is 44.2 Å². The van der Waals surface area contributed by atoms with Crippen molar-refractivity contribution in [2.75, 3.05) is 16.8 Å². The van der Waals surface area contributed by atoms with E-state index in [4.69, 9.17) is 0 Å². The molecule has 0 saturated carbocycles. The van der Waals surface area contributed by atoms with Gasteiger partial charge in [0.1, 0.15) is 0 Å². The highest BCUT2D eigenvalue weighted by Crippen LogP contribution is 2.33. The molecule has 2 heterocycles. The summed E-state index contributed by atoms with van der Waals surface area (Å²) >= 11 is 1.47. The molecule has 0 fully saturated rings. The second-order valence-electron chi connectivity index (χ2n) is 7.40. The largest absolute Gasteiger partial charge is 0.308 e. The highest BCUT2D eigenvalue weighted by molar-refractivity contribution is 7.15. The SMILES string of the molecule is C=CC(=O)N1CCc2cc(-c3cccc(C(C)C(=O)Nc4ncc(C)s4)c3)ccc21. The first-order valence-corrected chi connectivity index (χ1v) is 10.7. The number of rotatable bonds is 5. The number of benzene rings is 2. The summed E-state index contributed by atoms with van der Waals surface area (Å²) in [5, 5.41) is 3.52. The Balaban J connectivity index is 1.55. The zero-order valence-electron chi connectivity index (χ0n) is 17.0. The summed E-state index contributed by atoms with van der Waals surface area (Å²) < 4.78 is 0. The molecule has 2 amide bonds. The zero-order valence-corrected chi connectivity index (χ0v) is 17.8. The molecule has 1 aliphatic heterocycles. The molecule has 5 nitrogen and oxygen atoms in total. The van der Waals surface area contributed by atoms with Crippen molar-refractivity contribution >= 4 is 34.0 Å². The Labute approximate surface area is 180 Å². The fourth-order valence-electron chi connectivity index (χ4n) is 3.69. The average molecular weight is 418 g/mol. The quantitative estimate of drug-likeness (QED) is 0.599. The second-order valence-corrected chi connectivity index (χ2v) is 8.63. The van der Waals surface area contributed by atoms with Gasteiger partial charge in [-0.15, -0.1) is 11.3 Å². The van der Waals surface area contributed by atoms with Crippen LogP contribution in [0, 0.1) is 6.92 Å². The van der Waals surface area contributed by atoms with Crippen LogP contribution in [0.25, 0.3) is 11.1 Å². The number of carbonyl (C=O) groups excluding carboxylic acids is 2.